The predicted octanol–water partition coefficient (Wildman–Crippen LogP) is 2.55. The van der Waals surface area contributed by atoms with Gasteiger partial charge in [0.2, 0.25) is 0 Å². The average molecular weight is 207 g/mol. The van der Waals surface area contributed by atoms with E-state index in [1.165, 1.54) is 0 Å². The molecule has 1 atom stereocenters. The van der Waals surface area contributed by atoms with Crippen LogP contribution in [-0.4, -0.2) is 11.1 Å². The average Bonchev–Trinajstić information content (AvgIpc) is 2.15. The van der Waals surface area contributed by atoms with Crippen molar-refractivity contribution in [1.82, 2.24) is 0 Å². The van der Waals surface area contributed by atoms with Crippen molar-refractivity contribution in [3.8, 4) is 0 Å². The molecule has 0 fully saturated rings. The Morgan fingerprint density at radius 3 is 2.67 bits per heavy atom. The molecule has 82 valence electrons. The molecule has 0 spiro atoms. The number of carboxylic acid groups (broad SMARTS) is 1. The lowest BCUT2D eigenvalue weighted by Crippen LogP contribution is -2.13. The fourth-order valence-corrected chi connectivity index (χ4v) is 1.71. The molecule has 0 saturated carbocycles. The molecule has 3 heteroatoms. The van der Waals surface area contributed by atoms with E-state index >= 15 is 0 Å². The van der Waals surface area contributed by atoms with E-state index < -0.39 is 11.9 Å². The molecule has 3 N–H and O–H groups in total. The van der Waals surface area contributed by atoms with E-state index in [1.54, 1.807) is 0 Å². The molecule has 0 saturated heterocycles. The quantitative estimate of drug-likeness (QED) is 0.746. The number of nitrogen functional groups attached to an aromatic ring is 1. The predicted molar refractivity (Wildman–Crippen MR) is 60.9 cm³/mol. The largest absolute Gasteiger partial charge is 0.481 e. The van der Waals surface area contributed by atoms with Gasteiger partial charge in [-0.05, 0) is 30.5 Å². The molecule has 3 nitrogen and oxygen atoms in total. The fourth-order valence-electron chi connectivity index (χ4n) is 1.71. The molecule has 0 amide bonds. The number of carboxylic acids is 1. The van der Waals surface area contributed by atoms with Crippen LogP contribution in [0.15, 0.2) is 18.2 Å². The zero-order chi connectivity index (χ0) is 11.4. The molecule has 0 aromatic heterocycles. The molecule has 15 heavy (non-hydrogen) atoms. The molecular formula is C12H17NO2. The molecule has 0 aliphatic carbocycles. The van der Waals surface area contributed by atoms with Crippen molar-refractivity contribution in [3.05, 3.63) is 29.3 Å². The summed E-state index contributed by atoms with van der Waals surface area (Å²) in [5.41, 5.74) is 8.19. The van der Waals surface area contributed by atoms with Gasteiger partial charge in [0.05, 0.1) is 5.92 Å². The minimum Gasteiger partial charge on any atom is -0.481 e. The normalized spacial score (nSPS) is 12.4. The number of hydrogen-bond donors (Lipinski definition) is 2. The van der Waals surface area contributed by atoms with Crippen molar-refractivity contribution in [2.45, 2.75) is 32.6 Å². The number of aryl methyl sites for hydroxylation is 1. The number of nitrogens with two attached hydrogens (primary N) is 1. The molecule has 0 bridgehead atoms. The third-order valence-corrected chi connectivity index (χ3v) is 2.49. The summed E-state index contributed by atoms with van der Waals surface area (Å²) in [5.74, 6) is -1.27. The molecule has 1 unspecified atom stereocenters. The van der Waals surface area contributed by atoms with Crippen LogP contribution in [0.25, 0.3) is 0 Å². The highest BCUT2D eigenvalue weighted by molar-refractivity contribution is 5.78. The minimum atomic E-state index is -0.799. The van der Waals surface area contributed by atoms with Gasteiger partial charge in [-0.3, -0.25) is 4.79 Å². The van der Waals surface area contributed by atoms with Crippen LogP contribution >= 0.6 is 0 Å². The first-order chi connectivity index (χ1) is 7.06. The van der Waals surface area contributed by atoms with Gasteiger partial charge in [0.25, 0.3) is 0 Å². The van der Waals surface area contributed by atoms with E-state index in [0.29, 0.717) is 12.1 Å². The number of hydrogen-bond acceptors (Lipinski definition) is 2. The standard InChI is InChI=1S/C12H17NO2/c1-3-4-10(12(14)15)9-6-5-8(2)7-11(9)13/h5-7,10H,3-4,13H2,1-2H3,(H,14,15). The number of carbonyl (C=O) groups is 1. The van der Waals surface area contributed by atoms with Crippen LogP contribution in [0.4, 0.5) is 5.69 Å². The van der Waals surface area contributed by atoms with Gasteiger partial charge in [0.1, 0.15) is 0 Å². The first-order valence-corrected chi connectivity index (χ1v) is 5.15. The topological polar surface area (TPSA) is 63.3 Å². The Morgan fingerprint density at radius 2 is 2.20 bits per heavy atom. The van der Waals surface area contributed by atoms with Crippen LogP contribution in [0.3, 0.4) is 0 Å². The molecule has 1 rings (SSSR count). The zero-order valence-electron chi connectivity index (χ0n) is 9.16. The molecule has 0 radical (unpaired) electrons. The van der Waals surface area contributed by atoms with Crippen LogP contribution in [-0.2, 0) is 4.79 Å². The second kappa shape index (κ2) is 4.82. The summed E-state index contributed by atoms with van der Waals surface area (Å²) in [6.45, 7) is 3.91. The van der Waals surface area contributed by atoms with E-state index in [9.17, 15) is 4.79 Å². The first-order valence-electron chi connectivity index (χ1n) is 5.15. The summed E-state index contributed by atoms with van der Waals surface area (Å²) in [4.78, 5) is 11.1. The van der Waals surface area contributed by atoms with Crippen molar-refractivity contribution in [1.29, 1.82) is 0 Å². The Hall–Kier alpha value is -1.51. The Kier molecular flexibility index (Phi) is 3.72. The van der Waals surface area contributed by atoms with Crippen LogP contribution < -0.4 is 5.73 Å². The maximum atomic E-state index is 11.1. The molecule has 1 aromatic carbocycles. The third kappa shape index (κ3) is 2.72. The minimum absolute atomic E-state index is 0.476. The zero-order valence-corrected chi connectivity index (χ0v) is 9.16. The van der Waals surface area contributed by atoms with Crippen molar-refractivity contribution < 1.29 is 9.90 Å². The van der Waals surface area contributed by atoms with Gasteiger partial charge in [0, 0.05) is 5.69 Å². The molecular weight excluding hydrogens is 190 g/mol. The highest BCUT2D eigenvalue weighted by Gasteiger charge is 2.20. The Bertz CT molecular complexity index is 361. The first kappa shape index (κ1) is 11.6. The highest BCUT2D eigenvalue weighted by atomic mass is 16.4. The smallest absolute Gasteiger partial charge is 0.311 e. The van der Waals surface area contributed by atoms with E-state index in [-0.39, 0.29) is 0 Å². The van der Waals surface area contributed by atoms with E-state index in [0.717, 1.165) is 17.5 Å². The summed E-state index contributed by atoms with van der Waals surface area (Å²) in [7, 11) is 0. The number of benzene rings is 1. The second-order valence-corrected chi connectivity index (χ2v) is 3.81. The van der Waals surface area contributed by atoms with Crippen LogP contribution in [0.1, 0.15) is 36.8 Å². The summed E-state index contributed by atoms with van der Waals surface area (Å²) >= 11 is 0. The van der Waals surface area contributed by atoms with Crippen molar-refractivity contribution in [2.75, 3.05) is 5.73 Å². The monoisotopic (exact) mass is 207 g/mol. The number of aliphatic carboxylic acids is 1. The van der Waals surface area contributed by atoms with E-state index in [4.69, 9.17) is 10.8 Å². The lowest BCUT2D eigenvalue weighted by Gasteiger charge is -2.14. The lowest BCUT2D eigenvalue weighted by atomic mass is 9.92. The van der Waals surface area contributed by atoms with Gasteiger partial charge in [-0.25, -0.2) is 0 Å². The van der Waals surface area contributed by atoms with E-state index in [1.807, 2.05) is 32.0 Å². The maximum Gasteiger partial charge on any atom is 0.311 e. The van der Waals surface area contributed by atoms with Crippen LogP contribution in [0.2, 0.25) is 0 Å². The SMILES string of the molecule is CCCC(C(=O)O)c1ccc(C)cc1N. The number of anilines is 1. The summed E-state index contributed by atoms with van der Waals surface area (Å²) in [5, 5.41) is 9.10. The van der Waals surface area contributed by atoms with Crippen molar-refractivity contribution >= 4 is 11.7 Å². The Morgan fingerprint density at radius 1 is 1.53 bits per heavy atom. The van der Waals surface area contributed by atoms with Crippen molar-refractivity contribution in [2.24, 2.45) is 0 Å². The molecule has 0 aliphatic rings. The number of rotatable bonds is 4. The van der Waals surface area contributed by atoms with Gasteiger partial charge >= 0.3 is 5.97 Å². The maximum absolute atomic E-state index is 11.1. The van der Waals surface area contributed by atoms with Gasteiger partial charge in [-0.15, -0.1) is 0 Å². The molecule has 1 aromatic rings. The van der Waals surface area contributed by atoms with Gasteiger partial charge in [-0.2, -0.15) is 0 Å². The highest BCUT2D eigenvalue weighted by Crippen LogP contribution is 2.27. The van der Waals surface area contributed by atoms with Crippen LogP contribution in [0, 0.1) is 6.92 Å². The molecule has 0 aliphatic heterocycles. The van der Waals surface area contributed by atoms with Crippen LogP contribution in [0.5, 0.6) is 0 Å². The summed E-state index contributed by atoms with van der Waals surface area (Å²) in [6.07, 6.45) is 1.47. The Labute approximate surface area is 89.9 Å². The van der Waals surface area contributed by atoms with Gasteiger partial charge < -0.3 is 10.8 Å². The van der Waals surface area contributed by atoms with Gasteiger partial charge in [0.15, 0.2) is 0 Å². The summed E-state index contributed by atoms with van der Waals surface area (Å²) in [6, 6.07) is 5.54. The second-order valence-electron chi connectivity index (χ2n) is 3.81. The molecule has 0 heterocycles. The lowest BCUT2D eigenvalue weighted by molar-refractivity contribution is -0.139. The van der Waals surface area contributed by atoms with Gasteiger partial charge in [-0.1, -0.05) is 25.5 Å². The third-order valence-electron chi connectivity index (χ3n) is 2.49. The Balaban J connectivity index is 3.05. The summed E-state index contributed by atoms with van der Waals surface area (Å²) < 4.78 is 0. The fraction of sp³-hybridized carbons (Fsp3) is 0.417. The van der Waals surface area contributed by atoms with Crippen molar-refractivity contribution in [3.63, 3.8) is 0 Å². The van der Waals surface area contributed by atoms with E-state index in [2.05, 4.69) is 0 Å².